The van der Waals surface area contributed by atoms with Gasteiger partial charge in [-0.3, -0.25) is 4.90 Å². The van der Waals surface area contributed by atoms with Crippen molar-refractivity contribution in [3.63, 3.8) is 0 Å². The zero-order valence-corrected chi connectivity index (χ0v) is 15.2. The molecule has 1 aliphatic rings. The summed E-state index contributed by atoms with van der Waals surface area (Å²) in [7, 11) is 1.35. The minimum atomic E-state index is -0.977. The van der Waals surface area contributed by atoms with Crippen LogP contribution in [-0.2, 0) is 20.9 Å². The van der Waals surface area contributed by atoms with E-state index in [2.05, 4.69) is 13.2 Å². The van der Waals surface area contributed by atoms with Crippen molar-refractivity contribution in [2.24, 2.45) is 0 Å². The summed E-state index contributed by atoms with van der Waals surface area (Å²) in [6, 6.07) is 9.48. The number of ether oxygens (including phenoxy) is 2. The van der Waals surface area contributed by atoms with E-state index in [0.29, 0.717) is 26.1 Å². The second kappa shape index (κ2) is 9.20. The molecule has 1 fully saturated rings. The molecule has 0 spiro atoms. The van der Waals surface area contributed by atoms with Crippen LogP contribution in [0.15, 0.2) is 55.6 Å². The predicted octanol–water partition coefficient (Wildman–Crippen LogP) is 2.61. The van der Waals surface area contributed by atoms with Crippen LogP contribution in [0.5, 0.6) is 0 Å². The highest BCUT2D eigenvalue weighted by Crippen LogP contribution is 2.28. The first-order valence-electron chi connectivity index (χ1n) is 8.58. The van der Waals surface area contributed by atoms with Gasteiger partial charge in [-0.25, -0.2) is 9.59 Å². The first kappa shape index (κ1) is 19.7. The van der Waals surface area contributed by atoms with Gasteiger partial charge in [0.05, 0.1) is 13.7 Å². The Hall–Kier alpha value is -2.60. The molecule has 1 heterocycles. The van der Waals surface area contributed by atoms with Crippen molar-refractivity contribution in [2.45, 2.75) is 18.6 Å². The lowest BCUT2D eigenvalue weighted by Crippen LogP contribution is -2.67. The van der Waals surface area contributed by atoms with Crippen LogP contribution in [0.25, 0.3) is 0 Å². The van der Waals surface area contributed by atoms with Gasteiger partial charge in [-0.05, 0) is 12.0 Å². The van der Waals surface area contributed by atoms with Crippen LogP contribution in [0.2, 0.25) is 0 Å². The fraction of sp³-hybridized carbons (Fsp3) is 0.400. The van der Waals surface area contributed by atoms with Crippen molar-refractivity contribution >= 4 is 12.1 Å². The van der Waals surface area contributed by atoms with E-state index >= 15 is 0 Å². The highest BCUT2D eigenvalue weighted by Gasteiger charge is 2.49. The molecule has 0 aromatic heterocycles. The van der Waals surface area contributed by atoms with Crippen molar-refractivity contribution < 1.29 is 19.1 Å². The maximum Gasteiger partial charge on any atom is 0.410 e. The summed E-state index contributed by atoms with van der Waals surface area (Å²) in [6.07, 6.45) is 3.34. The van der Waals surface area contributed by atoms with E-state index in [1.807, 2.05) is 35.2 Å². The van der Waals surface area contributed by atoms with Crippen LogP contribution in [0.1, 0.15) is 12.0 Å². The topological polar surface area (TPSA) is 59.1 Å². The molecule has 1 aromatic rings. The van der Waals surface area contributed by atoms with Gasteiger partial charge in [0.25, 0.3) is 0 Å². The SMILES string of the molecule is C=CCN1CCN(C(=O)OCc2ccccc2)CC1(CC=C)C(=O)OC. The molecule has 0 saturated carbocycles. The lowest BCUT2D eigenvalue weighted by molar-refractivity contribution is -0.159. The van der Waals surface area contributed by atoms with Crippen molar-refractivity contribution in [3.05, 3.63) is 61.2 Å². The van der Waals surface area contributed by atoms with E-state index in [4.69, 9.17) is 9.47 Å². The second-order valence-electron chi connectivity index (χ2n) is 6.21. The van der Waals surface area contributed by atoms with Crippen LogP contribution in [0, 0.1) is 0 Å². The van der Waals surface area contributed by atoms with E-state index in [9.17, 15) is 9.59 Å². The summed E-state index contributed by atoms with van der Waals surface area (Å²) in [6.45, 7) is 9.42. The summed E-state index contributed by atoms with van der Waals surface area (Å²) in [5.41, 5.74) is -0.0641. The Kier molecular flexibility index (Phi) is 6.97. The number of esters is 1. The molecule has 1 saturated heterocycles. The predicted molar refractivity (Wildman–Crippen MR) is 99.5 cm³/mol. The Labute approximate surface area is 154 Å². The second-order valence-corrected chi connectivity index (χ2v) is 6.21. The van der Waals surface area contributed by atoms with Crippen LogP contribution in [-0.4, -0.2) is 60.7 Å². The molecule has 0 N–H and O–H groups in total. The third-order valence-corrected chi connectivity index (χ3v) is 4.56. The number of carbonyl (C=O) groups is 2. The zero-order chi connectivity index (χ0) is 19.0. The number of piperazine rings is 1. The van der Waals surface area contributed by atoms with Gasteiger partial charge in [0.2, 0.25) is 0 Å². The first-order valence-corrected chi connectivity index (χ1v) is 8.58. The largest absolute Gasteiger partial charge is 0.468 e. The number of rotatable bonds is 7. The maximum atomic E-state index is 12.6. The van der Waals surface area contributed by atoms with Gasteiger partial charge < -0.3 is 14.4 Å². The molecule has 6 heteroatoms. The fourth-order valence-electron chi connectivity index (χ4n) is 3.24. The highest BCUT2D eigenvalue weighted by atomic mass is 16.6. The molecule has 6 nitrogen and oxygen atoms in total. The molecule has 2 rings (SSSR count). The minimum absolute atomic E-state index is 0.188. The first-order chi connectivity index (χ1) is 12.6. The molecule has 1 atom stereocenters. The van der Waals surface area contributed by atoms with Crippen LogP contribution < -0.4 is 0 Å². The minimum Gasteiger partial charge on any atom is -0.468 e. The summed E-state index contributed by atoms with van der Waals surface area (Å²) >= 11 is 0. The van der Waals surface area contributed by atoms with E-state index in [1.54, 1.807) is 17.1 Å². The Bertz CT molecular complexity index is 646. The molecular weight excluding hydrogens is 332 g/mol. The van der Waals surface area contributed by atoms with Crippen molar-refractivity contribution in [1.29, 1.82) is 0 Å². The lowest BCUT2D eigenvalue weighted by atomic mass is 9.89. The number of amides is 1. The molecule has 26 heavy (non-hydrogen) atoms. The lowest BCUT2D eigenvalue weighted by Gasteiger charge is -2.47. The molecule has 1 aromatic carbocycles. The molecule has 1 amide bonds. The number of hydrogen-bond donors (Lipinski definition) is 0. The van der Waals surface area contributed by atoms with Gasteiger partial charge in [0.15, 0.2) is 0 Å². The maximum absolute atomic E-state index is 12.6. The van der Waals surface area contributed by atoms with Gasteiger partial charge in [0, 0.05) is 19.6 Å². The van der Waals surface area contributed by atoms with Gasteiger partial charge in [-0.15, -0.1) is 13.2 Å². The van der Waals surface area contributed by atoms with Gasteiger partial charge >= 0.3 is 12.1 Å². The summed E-state index contributed by atoms with van der Waals surface area (Å²) in [4.78, 5) is 28.7. The molecule has 0 radical (unpaired) electrons. The average molecular weight is 358 g/mol. The summed E-state index contributed by atoms with van der Waals surface area (Å²) in [5.74, 6) is -0.389. The number of hydrogen-bond acceptors (Lipinski definition) is 5. The van der Waals surface area contributed by atoms with E-state index in [-0.39, 0.29) is 19.1 Å². The van der Waals surface area contributed by atoms with E-state index in [0.717, 1.165) is 5.56 Å². The van der Waals surface area contributed by atoms with Crippen molar-refractivity contribution in [2.75, 3.05) is 33.3 Å². The van der Waals surface area contributed by atoms with E-state index < -0.39 is 11.6 Å². The highest BCUT2D eigenvalue weighted by molar-refractivity contribution is 5.83. The molecule has 1 aliphatic heterocycles. The molecular formula is C20H26N2O4. The number of methoxy groups -OCH3 is 1. The smallest absolute Gasteiger partial charge is 0.410 e. The molecule has 140 valence electrons. The Morgan fingerprint density at radius 3 is 2.54 bits per heavy atom. The number of carbonyl (C=O) groups excluding carboxylic acids is 2. The van der Waals surface area contributed by atoms with Gasteiger partial charge in [-0.1, -0.05) is 42.5 Å². The summed E-state index contributed by atoms with van der Waals surface area (Å²) < 4.78 is 10.5. The Morgan fingerprint density at radius 1 is 1.19 bits per heavy atom. The van der Waals surface area contributed by atoms with Crippen LogP contribution in [0.4, 0.5) is 4.79 Å². The van der Waals surface area contributed by atoms with Gasteiger partial charge in [0.1, 0.15) is 12.1 Å². The molecule has 0 bridgehead atoms. The third kappa shape index (κ3) is 4.32. The van der Waals surface area contributed by atoms with E-state index in [1.165, 1.54) is 7.11 Å². The average Bonchev–Trinajstić information content (AvgIpc) is 2.68. The van der Waals surface area contributed by atoms with Crippen LogP contribution in [0.3, 0.4) is 0 Å². The Morgan fingerprint density at radius 2 is 1.92 bits per heavy atom. The summed E-state index contributed by atoms with van der Waals surface area (Å²) in [5, 5.41) is 0. The van der Waals surface area contributed by atoms with Crippen LogP contribution >= 0.6 is 0 Å². The fourth-order valence-corrected chi connectivity index (χ4v) is 3.24. The normalized spacial score (nSPS) is 20.3. The standard InChI is InChI=1S/C20H26N2O4/c1-4-11-20(18(23)25-3)16-21(13-14-22(20)12-5-2)19(24)26-15-17-9-7-6-8-10-17/h4-10H,1-2,11-16H2,3H3. The number of nitrogens with zero attached hydrogens (tertiary/aromatic N) is 2. The van der Waals surface area contributed by atoms with Crippen molar-refractivity contribution in [1.82, 2.24) is 9.80 Å². The monoisotopic (exact) mass is 358 g/mol. The molecule has 1 unspecified atom stereocenters. The molecule has 0 aliphatic carbocycles. The van der Waals surface area contributed by atoms with Crippen molar-refractivity contribution in [3.8, 4) is 0 Å². The zero-order valence-electron chi connectivity index (χ0n) is 15.2. The quantitative estimate of drug-likeness (QED) is 0.554. The van der Waals surface area contributed by atoms with Gasteiger partial charge in [-0.2, -0.15) is 0 Å². The number of benzene rings is 1. The third-order valence-electron chi connectivity index (χ3n) is 4.56. The Balaban J connectivity index is 2.13.